The minimum atomic E-state index is 0.0832. The molecular weight excluding hydrogens is 150 g/mol. The van der Waals surface area contributed by atoms with Gasteiger partial charge in [0.15, 0.2) is 0 Å². The molecule has 0 fully saturated rings. The van der Waals surface area contributed by atoms with Gasteiger partial charge in [0.2, 0.25) is 0 Å². The van der Waals surface area contributed by atoms with Gasteiger partial charge >= 0.3 is 0 Å². The van der Waals surface area contributed by atoms with Crippen molar-refractivity contribution in [3.05, 3.63) is 30.1 Å². The van der Waals surface area contributed by atoms with Crippen molar-refractivity contribution in [2.75, 3.05) is 0 Å². The lowest BCUT2D eigenvalue weighted by molar-refractivity contribution is -0.120. The van der Waals surface area contributed by atoms with Gasteiger partial charge in [-0.05, 0) is 25.5 Å². The van der Waals surface area contributed by atoms with E-state index in [4.69, 9.17) is 0 Å². The molecule has 0 saturated heterocycles. The van der Waals surface area contributed by atoms with E-state index in [1.54, 1.807) is 13.1 Å². The van der Waals surface area contributed by atoms with E-state index in [2.05, 4.69) is 4.98 Å². The minimum Gasteiger partial charge on any atom is -0.300 e. The first kappa shape index (κ1) is 8.91. The van der Waals surface area contributed by atoms with E-state index in [1.807, 2.05) is 25.1 Å². The minimum absolute atomic E-state index is 0.0832. The third kappa shape index (κ3) is 2.46. The highest BCUT2D eigenvalue weighted by Crippen LogP contribution is 2.05. The lowest BCUT2D eigenvalue weighted by Crippen LogP contribution is -2.10. The van der Waals surface area contributed by atoms with Gasteiger partial charge in [0.25, 0.3) is 0 Å². The van der Waals surface area contributed by atoms with E-state index in [-0.39, 0.29) is 11.7 Å². The molecule has 0 N–H and O–H groups in total. The van der Waals surface area contributed by atoms with E-state index in [1.165, 1.54) is 0 Å². The van der Waals surface area contributed by atoms with Gasteiger partial charge in [0, 0.05) is 17.8 Å². The smallest absolute Gasteiger partial charge is 0.133 e. The summed E-state index contributed by atoms with van der Waals surface area (Å²) < 4.78 is 0. The molecule has 0 amide bonds. The molecule has 1 atom stereocenters. The molecule has 0 aliphatic carbocycles. The third-order valence-corrected chi connectivity index (χ3v) is 1.94. The monoisotopic (exact) mass is 163 g/mol. The lowest BCUT2D eigenvalue weighted by Gasteiger charge is -2.05. The topological polar surface area (TPSA) is 30.0 Å². The molecule has 0 saturated carbocycles. The maximum absolute atomic E-state index is 10.9. The van der Waals surface area contributed by atoms with E-state index in [9.17, 15) is 4.79 Å². The Balaban J connectivity index is 2.58. The third-order valence-electron chi connectivity index (χ3n) is 1.94. The maximum Gasteiger partial charge on any atom is 0.133 e. The first-order valence-corrected chi connectivity index (χ1v) is 4.10. The van der Waals surface area contributed by atoms with Gasteiger partial charge in [-0.25, -0.2) is 0 Å². The molecule has 0 bridgehead atoms. The standard InChI is InChI=1S/C10H13NO/c1-8(9(2)12)7-10-5-3-4-6-11-10/h3-6,8H,7H2,1-2H3. The Morgan fingerprint density at radius 3 is 2.83 bits per heavy atom. The number of ketones is 1. The van der Waals surface area contributed by atoms with Gasteiger partial charge < -0.3 is 0 Å². The van der Waals surface area contributed by atoms with E-state index < -0.39 is 0 Å². The summed E-state index contributed by atoms with van der Waals surface area (Å²) in [7, 11) is 0. The number of hydrogen-bond acceptors (Lipinski definition) is 2. The Morgan fingerprint density at radius 1 is 1.58 bits per heavy atom. The molecule has 1 aromatic heterocycles. The SMILES string of the molecule is CC(=O)C(C)Cc1ccccn1. The Kier molecular flexibility index (Phi) is 2.97. The number of nitrogens with zero attached hydrogens (tertiary/aromatic N) is 1. The van der Waals surface area contributed by atoms with Crippen LogP contribution >= 0.6 is 0 Å². The van der Waals surface area contributed by atoms with Gasteiger partial charge in [-0.2, -0.15) is 0 Å². The summed E-state index contributed by atoms with van der Waals surface area (Å²) in [6, 6.07) is 5.76. The van der Waals surface area contributed by atoms with Crippen LogP contribution in [-0.2, 0) is 11.2 Å². The fourth-order valence-electron chi connectivity index (χ4n) is 0.976. The normalized spacial score (nSPS) is 12.5. The van der Waals surface area contributed by atoms with Crippen LogP contribution < -0.4 is 0 Å². The van der Waals surface area contributed by atoms with Crippen LogP contribution in [0.2, 0.25) is 0 Å². The Hall–Kier alpha value is -1.18. The van der Waals surface area contributed by atoms with Gasteiger partial charge in [-0.15, -0.1) is 0 Å². The summed E-state index contributed by atoms with van der Waals surface area (Å²) in [6.07, 6.45) is 2.50. The number of aromatic nitrogens is 1. The molecule has 1 aromatic rings. The van der Waals surface area contributed by atoms with Crippen LogP contribution in [0.3, 0.4) is 0 Å². The second-order valence-electron chi connectivity index (χ2n) is 3.04. The number of carbonyl (C=O) groups is 1. The zero-order valence-corrected chi connectivity index (χ0v) is 7.45. The number of hydrogen-bond donors (Lipinski definition) is 0. The second-order valence-corrected chi connectivity index (χ2v) is 3.04. The van der Waals surface area contributed by atoms with Crippen LogP contribution in [0.5, 0.6) is 0 Å². The van der Waals surface area contributed by atoms with Gasteiger partial charge in [0.05, 0.1) is 0 Å². The highest BCUT2D eigenvalue weighted by molar-refractivity contribution is 5.78. The van der Waals surface area contributed by atoms with Crippen molar-refractivity contribution in [2.45, 2.75) is 20.3 Å². The van der Waals surface area contributed by atoms with E-state index in [0.717, 1.165) is 12.1 Å². The number of carbonyl (C=O) groups excluding carboxylic acids is 1. The molecule has 12 heavy (non-hydrogen) atoms. The van der Waals surface area contributed by atoms with Crippen molar-refractivity contribution in [3.63, 3.8) is 0 Å². The molecule has 1 rings (SSSR count). The molecule has 2 heteroatoms. The quantitative estimate of drug-likeness (QED) is 0.680. The van der Waals surface area contributed by atoms with Crippen molar-refractivity contribution < 1.29 is 4.79 Å². The van der Waals surface area contributed by atoms with Crippen molar-refractivity contribution in [1.29, 1.82) is 0 Å². The first-order chi connectivity index (χ1) is 5.70. The fraction of sp³-hybridized carbons (Fsp3) is 0.400. The predicted octanol–water partition coefficient (Wildman–Crippen LogP) is 1.85. The van der Waals surface area contributed by atoms with Crippen LogP contribution in [0.15, 0.2) is 24.4 Å². The molecular formula is C10H13NO. The van der Waals surface area contributed by atoms with Crippen molar-refractivity contribution in [2.24, 2.45) is 5.92 Å². The molecule has 0 radical (unpaired) electrons. The van der Waals surface area contributed by atoms with Gasteiger partial charge in [0.1, 0.15) is 5.78 Å². The Morgan fingerprint density at radius 2 is 2.33 bits per heavy atom. The zero-order valence-electron chi connectivity index (χ0n) is 7.45. The first-order valence-electron chi connectivity index (χ1n) is 4.10. The highest BCUT2D eigenvalue weighted by Gasteiger charge is 2.08. The average molecular weight is 163 g/mol. The second kappa shape index (κ2) is 4.00. The van der Waals surface area contributed by atoms with Crippen LogP contribution in [0, 0.1) is 5.92 Å². The molecule has 0 aliphatic rings. The fourth-order valence-corrected chi connectivity index (χ4v) is 0.976. The zero-order chi connectivity index (χ0) is 8.97. The van der Waals surface area contributed by atoms with Crippen molar-refractivity contribution in [3.8, 4) is 0 Å². The van der Waals surface area contributed by atoms with Gasteiger partial charge in [-0.1, -0.05) is 13.0 Å². The molecule has 0 aliphatic heterocycles. The molecule has 0 spiro atoms. The summed E-state index contributed by atoms with van der Waals surface area (Å²) in [5.41, 5.74) is 0.986. The van der Waals surface area contributed by atoms with Crippen LogP contribution in [0.25, 0.3) is 0 Å². The predicted molar refractivity (Wildman–Crippen MR) is 47.8 cm³/mol. The summed E-state index contributed by atoms with van der Waals surface area (Å²) in [4.78, 5) is 15.1. The van der Waals surface area contributed by atoms with E-state index in [0.29, 0.717) is 0 Å². The molecule has 0 aromatic carbocycles. The van der Waals surface area contributed by atoms with Crippen LogP contribution in [-0.4, -0.2) is 10.8 Å². The molecule has 1 heterocycles. The molecule has 1 unspecified atom stereocenters. The van der Waals surface area contributed by atoms with Gasteiger partial charge in [-0.3, -0.25) is 9.78 Å². The largest absolute Gasteiger partial charge is 0.300 e. The summed E-state index contributed by atoms with van der Waals surface area (Å²) in [5, 5.41) is 0. The van der Waals surface area contributed by atoms with Crippen LogP contribution in [0.4, 0.5) is 0 Å². The average Bonchev–Trinajstić information content (AvgIpc) is 2.06. The number of pyridine rings is 1. The number of rotatable bonds is 3. The molecule has 64 valence electrons. The van der Waals surface area contributed by atoms with Crippen LogP contribution in [0.1, 0.15) is 19.5 Å². The lowest BCUT2D eigenvalue weighted by atomic mass is 10.0. The van der Waals surface area contributed by atoms with Crippen molar-refractivity contribution in [1.82, 2.24) is 4.98 Å². The highest BCUT2D eigenvalue weighted by atomic mass is 16.1. The summed E-state index contributed by atoms with van der Waals surface area (Å²) >= 11 is 0. The summed E-state index contributed by atoms with van der Waals surface area (Å²) in [5.74, 6) is 0.306. The van der Waals surface area contributed by atoms with Crippen molar-refractivity contribution >= 4 is 5.78 Å². The number of Topliss-reactive ketones (excluding diaryl/α,β-unsaturated/α-hetero) is 1. The molecule has 2 nitrogen and oxygen atoms in total. The Labute approximate surface area is 72.6 Å². The van der Waals surface area contributed by atoms with E-state index >= 15 is 0 Å². The summed E-state index contributed by atoms with van der Waals surface area (Å²) in [6.45, 7) is 3.55. The maximum atomic E-state index is 10.9. The Bertz CT molecular complexity index is 256.